The van der Waals surface area contributed by atoms with Gasteiger partial charge in [0, 0.05) is 11.1 Å². The fraction of sp³-hybridized carbons (Fsp3) is 0.500. The predicted molar refractivity (Wildman–Crippen MR) is 70.9 cm³/mol. The van der Waals surface area contributed by atoms with Crippen molar-refractivity contribution in [1.82, 2.24) is 0 Å². The molecule has 1 aromatic rings. The second-order valence-electron chi connectivity index (χ2n) is 3.87. The van der Waals surface area contributed by atoms with Crippen molar-refractivity contribution in [3.63, 3.8) is 0 Å². The van der Waals surface area contributed by atoms with E-state index in [0.29, 0.717) is 6.61 Å². The third-order valence-corrected chi connectivity index (χ3v) is 3.71. The topological polar surface area (TPSA) is 18.5 Å². The molecule has 1 aromatic carbocycles. The molecule has 0 aliphatic carbocycles. The third-order valence-electron chi connectivity index (χ3n) is 2.59. The molecule has 0 amide bonds. The minimum Gasteiger partial charge on any atom is -0.490 e. The van der Waals surface area contributed by atoms with E-state index in [2.05, 4.69) is 31.9 Å². The van der Waals surface area contributed by atoms with Crippen molar-refractivity contribution in [2.75, 3.05) is 13.2 Å². The molecule has 0 unspecified atom stereocenters. The Bertz CT molecular complexity index is 349. The van der Waals surface area contributed by atoms with E-state index in [0.717, 1.165) is 27.7 Å². The molecule has 4 heteroatoms. The Morgan fingerprint density at radius 1 is 1.31 bits per heavy atom. The second kappa shape index (κ2) is 6.03. The average molecular weight is 350 g/mol. The molecular weight excluding hydrogens is 336 g/mol. The van der Waals surface area contributed by atoms with Gasteiger partial charge in [0.05, 0.1) is 10.6 Å². The fourth-order valence-electron chi connectivity index (χ4n) is 1.71. The normalized spacial score (nSPS) is 20.8. The molecule has 0 bridgehead atoms. The molecular formula is C12H14Br2O2. The van der Waals surface area contributed by atoms with E-state index in [4.69, 9.17) is 9.47 Å². The van der Waals surface area contributed by atoms with Gasteiger partial charge in [-0.25, -0.2) is 0 Å². The molecule has 0 N–H and O–H groups in total. The van der Waals surface area contributed by atoms with E-state index >= 15 is 0 Å². The standard InChI is InChI=1S/C12H14Br2O2/c13-9-4-5-12(11(14)7-9)16-8-10-3-1-2-6-15-10/h4-5,7,10H,1-3,6,8H2/t10-/m0/s1. The van der Waals surface area contributed by atoms with Crippen LogP contribution in [0.2, 0.25) is 0 Å². The number of ether oxygens (including phenoxy) is 2. The van der Waals surface area contributed by atoms with E-state index in [1.54, 1.807) is 0 Å². The van der Waals surface area contributed by atoms with Crippen molar-refractivity contribution in [2.24, 2.45) is 0 Å². The minimum atomic E-state index is 0.254. The van der Waals surface area contributed by atoms with Crippen molar-refractivity contribution in [1.29, 1.82) is 0 Å². The van der Waals surface area contributed by atoms with E-state index in [-0.39, 0.29) is 6.10 Å². The first-order valence-corrected chi connectivity index (χ1v) is 7.04. The van der Waals surface area contributed by atoms with Gasteiger partial charge in [-0.3, -0.25) is 0 Å². The van der Waals surface area contributed by atoms with E-state index in [1.165, 1.54) is 12.8 Å². The quantitative estimate of drug-likeness (QED) is 0.815. The van der Waals surface area contributed by atoms with E-state index in [9.17, 15) is 0 Å². The van der Waals surface area contributed by atoms with Crippen molar-refractivity contribution < 1.29 is 9.47 Å². The molecule has 2 nitrogen and oxygen atoms in total. The van der Waals surface area contributed by atoms with E-state index in [1.807, 2.05) is 18.2 Å². The van der Waals surface area contributed by atoms with E-state index < -0.39 is 0 Å². The van der Waals surface area contributed by atoms with Gasteiger partial charge in [-0.2, -0.15) is 0 Å². The number of halogens is 2. The molecule has 88 valence electrons. The highest BCUT2D eigenvalue weighted by Crippen LogP contribution is 2.28. The number of rotatable bonds is 3. The maximum Gasteiger partial charge on any atom is 0.133 e. The Morgan fingerprint density at radius 2 is 2.19 bits per heavy atom. The van der Waals surface area contributed by atoms with Gasteiger partial charge in [0.2, 0.25) is 0 Å². The number of benzene rings is 1. The zero-order valence-electron chi connectivity index (χ0n) is 8.92. The van der Waals surface area contributed by atoms with Crippen molar-refractivity contribution in [2.45, 2.75) is 25.4 Å². The molecule has 1 aliphatic rings. The first-order valence-electron chi connectivity index (χ1n) is 5.45. The largest absolute Gasteiger partial charge is 0.490 e. The smallest absolute Gasteiger partial charge is 0.133 e. The molecule has 1 fully saturated rings. The summed E-state index contributed by atoms with van der Waals surface area (Å²) in [6.45, 7) is 1.51. The zero-order valence-corrected chi connectivity index (χ0v) is 12.1. The maximum absolute atomic E-state index is 5.74. The summed E-state index contributed by atoms with van der Waals surface area (Å²) in [6.07, 6.45) is 3.78. The number of hydrogen-bond acceptors (Lipinski definition) is 2. The highest BCUT2D eigenvalue weighted by molar-refractivity contribution is 9.11. The average Bonchev–Trinajstić information content (AvgIpc) is 2.29. The number of hydrogen-bond donors (Lipinski definition) is 0. The summed E-state index contributed by atoms with van der Waals surface area (Å²) in [5.74, 6) is 0.873. The molecule has 1 saturated heterocycles. The van der Waals surface area contributed by atoms with Gasteiger partial charge < -0.3 is 9.47 Å². The molecule has 0 saturated carbocycles. The van der Waals surface area contributed by atoms with Crippen LogP contribution in [0.3, 0.4) is 0 Å². The predicted octanol–water partition coefficient (Wildman–Crippen LogP) is 4.16. The van der Waals surface area contributed by atoms with Crippen LogP contribution in [0.1, 0.15) is 19.3 Å². The molecule has 0 spiro atoms. The van der Waals surface area contributed by atoms with Crippen LogP contribution in [0.5, 0.6) is 5.75 Å². The monoisotopic (exact) mass is 348 g/mol. The summed E-state index contributed by atoms with van der Waals surface area (Å²) < 4.78 is 13.4. The highest BCUT2D eigenvalue weighted by Gasteiger charge is 2.14. The van der Waals surface area contributed by atoms with Crippen LogP contribution in [0.15, 0.2) is 27.1 Å². The Hall–Kier alpha value is -0.0600. The highest BCUT2D eigenvalue weighted by atomic mass is 79.9. The van der Waals surface area contributed by atoms with Crippen LogP contribution in [-0.2, 0) is 4.74 Å². The molecule has 0 radical (unpaired) electrons. The fourth-order valence-corrected chi connectivity index (χ4v) is 2.88. The molecule has 0 aromatic heterocycles. The summed E-state index contributed by atoms with van der Waals surface area (Å²) >= 11 is 6.89. The lowest BCUT2D eigenvalue weighted by Gasteiger charge is -2.22. The van der Waals surface area contributed by atoms with Gasteiger partial charge in [0.1, 0.15) is 12.4 Å². The third kappa shape index (κ3) is 3.47. The molecule has 1 heterocycles. The van der Waals surface area contributed by atoms with Gasteiger partial charge in [-0.05, 0) is 53.4 Å². The summed E-state index contributed by atoms with van der Waals surface area (Å²) in [5, 5.41) is 0. The minimum absolute atomic E-state index is 0.254. The summed E-state index contributed by atoms with van der Waals surface area (Å²) in [5.41, 5.74) is 0. The Labute approximate surface area is 113 Å². The van der Waals surface area contributed by atoms with Crippen LogP contribution >= 0.6 is 31.9 Å². The Kier molecular flexibility index (Phi) is 4.67. The van der Waals surface area contributed by atoms with Crippen LogP contribution in [-0.4, -0.2) is 19.3 Å². The van der Waals surface area contributed by atoms with Gasteiger partial charge >= 0.3 is 0 Å². The van der Waals surface area contributed by atoms with Crippen LogP contribution < -0.4 is 4.74 Å². The molecule has 16 heavy (non-hydrogen) atoms. The SMILES string of the molecule is Brc1ccc(OC[C@@H]2CCCCO2)c(Br)c1. The first-order chi connectivity index (χ1) is 7.75. The molecule has 1 aliphatic heterocycles. The summed E-state index contributed by atoms with van der Waals surface area (Å²) in [6, 6.07) is 5.91. The lowest BCUT2D eigenvalue weighted by atomic mass is 10.1. The van der Waals surface area contributed by atoms with Crippen molar-refractivity contribution >= 4 is 31.9 Å². The summed E-state index contributed by atoms with van der Waals surface area (Å²) in [4.78, 5) is 0. The molecule has 2 rings (SSSR count). The lowest BCUT2D eigenvalue weighted by molar-refractivity contribution is -0.0112. The Morgan fingerprint density at radius 3 is 2.88 bits per heavy atom. The van der Waals surface area contributed by atoms with Crippen LogP contribution in [0.25, 0.3) is 0 Å². The van der Waals surface area contributed by atoms with Gasteiger partial charge in [-0.15, -0.1) is 0 Å². The van der Waals surface area contributed by atoms with Gasteiger partial charge in [0.15, 0.2) is 0 Å². The maximum atomic E-state index is 5.74. The second-order valence-corrected chi connectivity index (χ2v) is 5.64. The molecule has 1 atom stereocenters. The first kappa shape index (κ1) is 12.4. The summed E-state index contributed by atoms with van der Waals surface area (Å²) in [7, 11) is 0. The van der Waals surface area contributed by atoms with Crippen molar-refractivity contribution in [3.8, 4) is 5.75 Å². The zero-order chi connectivity index (χ0) is 11.4. The van der Waals surface area contributed by atoms with Gasteiger partial charge in [0.25, 0.3) is 0 Å². The van der Waals surface area contributed by atoms with Gasteiger partial charge in [-0.1, -0.05) is 15.9 Å². The van der Waals surface area contributed by atoms with Crippen molar-refractivity contribution in [3.05, 3.63) is 27.1 Å². The lowest BCUT2D eigenvalue weighted by Crippen LogP contribution is -2.25. The van der Waals surface area contributed by atoms with Crippen LogP contribution in [0, 0.1) is 0 Å². The van der Waals surface area contributed by atoms with Crippen LogP contribution in [0.4, 0.5) is 0 Å². The Balaban J connectivity index is 1.88.